The Balaban J connectivity index is 1.63. The number of benzene rings is 1. The zero-order valence-electron chi connectivity index (χ0n) is 13.5. The van der Waals surface area contributed by atoms with Gasteiger partial charge in [0.05, 0.1) is 0 Å². The van der Waals surface area contributed by atoms with Crippen LogP contribution in [0.3, 0.4) is 0 Å². The molecule has 3 N–H and O–H groups in total. The third-order valence-electron chi connectivity index (χ3n) is 4.57. The molecule has 122 valence electrons. The molecule has 2 rings (SSSR count). The number of nitrogens with one attached hydrogen (secondary N) is 2. The molecule has 0 bridgehead atoms. The Bertz CT molecular complexity index is 451. The standard InChI is InChI=1S/C18H28N2O2/c1-2-14-3-5-15(6-4-14)11-12-19-18(22)20-17-9-7-16(13-21)8-10-17/h3-6,16-17,21H,2,7-13H2,1H3,(H2,19,20,22). The molecule has 1 aliphatic rings. The first-order valence-electron chi connectivity index (χ1n) is 8.44. The largest absolute Gasteiger partial charge is 0.396 e. The van der Waals surface area contributed by atoms with E-state index in [1.54, 1.807) is 0 Å². The van der Waals surface area contributed by atoms with Gasteiger partial charge in [-0.3, -0.25) is 0 Å². The first-order valence-corrected chi connectivity index (χ1v) is 8.44. The van der Waals surface area contributed by atoms with Gasteiger partial charge in [-0.05, 0) is 55.6 Å². The van der Waals surface area contributed by atoms with Crippen LogP contribution in [0.1, 0.15) is 43.7 Å². The number of carbonyl (C=O) groups is 1. The summed E-state index contributed by atoms with van der Waals surface area (Å²) < 4.78 is 0. The average Bonchev–Trinajstić information content (AvgIpc) is 2.56. The molecule has 1 aromatic rings. The lowest BCUT2D eigenvalue weighted by Gasteiger charge is -2.27. The molecule has 0 unspecified atom stereocenters. The molecule has 1 aromatic carbocycles. The second kappa shape index (κ2) is 8.79. The average molecular weight is 304 g/mol. The summed E-state index contributed by atoms with van der Waals surface area (Å²) in [5, 5.41) is 15.1. The quantitative estimate of drug-likeness (QED) is 0.756. The van der Waals surface area contributed by atoms with Gasteiger partial charge in [0.2, 0.25) is 0 Å². The summed E-state index contributed by atoms with van der Waals surface area (Å²) in [5.41, 5.74) is 2.59. The van der Waals surface area contributed by atoms with Crippen molar-refractivity contribution in [3.63, 3.8) is 0 Å². The Labute approximate surface area is 133 Å². The van der Waals surface area contributed by atoms with E-state index in [4.69, 9.17) is 5.11 Å². The van der Waals surface area contributed by atoms with Crippen molar-refractivity contribution in [2.45, 2.75) is 51.5 Å². The van der Waals surface area contributed by atoms with Gasteiger partial charge in [0.1, 0.15) is 0 Å². The van der Waals surface area contributed by atoms with E-state index < -0.39 is 0 Å². The molecule has 1 saturated carbocycles. The molecule has 22 heavy (non-hydrogen) atoms. The molecule has 0 heterocycles. The fourth-order valence-electron chi connectivity index (χ4n) is 2.99. The van der Waals surface area contributed by atoms with E-state index in [9.17, 15) is 4.79 Å². The van der Waals surface area contributed by atoms with Crippen LogP contribution in [-0.4, -0.2) is 30.3 Å². The molecule has 0 atom stereocenters. The molecule has 0 radical (unpaired) electrons. The van der Waals surface area contributed by atoms with E-state index in [1.807, 2.05) is 0 Å². The van der Waals surface area contributed by atoms with Crippen LogP contribution in [0.2, 0.25) is 0 Å². The lowest BCUT2D eigenvalue weighted by Crippen LogP contribution is -2.44. The monoisotopic (exact) mass is 304 g/mol. The van der Waals surface area contributed by atoms with Gasteiger partial charge in [-0.1, -0.05) is 31.2 Å². The Kier molecular flexibility index (Phi) is 6.72. The van der Waals surface area contributed by atoms with Crippen LogP contribution in [0.15, 0.2) is 24.3 Å². The minimum absolute atomic E-state index is 0.0716. The summed E-state index contributed by atoms with van der Waals surface area (Å²) in [7, 11) is 0. The van der Waals surface area contributed by atoms with Crippen LogP contribution in [0.25, 0.3) is 0 Å². The smallest absolute Gasteiger partial charge is 0.315 e. The van der Waals surface area contributed by atoms with Gasteiger partial charge in [0, 0.05) is 19.2 Å². The number of urea groups is 1. The Morgan fingerprint density at radius 3 is 2.36 bits per heavy atom. The molecular weight excluding hydrogens is 276 g/mol. The van der Waals surface area contributed by atoms with Crippen molar-refractivity contribution in [2.75, 3.05) is 13.2 Å². The van der Waals surface area contributed by atoms with Crippen LogP contribution < -0.4 is 10.6 Å². The number of carbonyl (C=O) groups excluding carboxylic acids is 1. The maximum absolute atomic E-state index is 11.9. The topological polar surface area (TPSA) is 61.4 Å². The van der Waals surface area contributed by atoms with Gasteiger partial charge in [-0.25, -0.2) is 4.79 Å². The molecule has 1 fully saturated rings. The minimum Gasteiger partial charge on any atom is -0.396 e. The van der Waals surface area contributed by atoms with Crippen molar-refractivity contribution in [3.8, 4) is 0 Å². The normalized spacial score (nSPS) is 21.4. The maximum Gasteiger partial charge on any atom is 0.315 e. The number of hydrogen-bond acceptors (Lipinski definition) is 2. The van der Waals surface area contributed by atoms with Gasteiger partial charge in [0.15, 0.2) is 0 Å². The van der Waals surface area contributed by atoms with Crippen molar-refractivity contribution in [1.29, 1.82) is 0 Å². The Hall–Kier alpha value is -1.55. The third-order valence-corrected chi connectivity index (χ3v) is 4.57. The highest BCUT2D eigenvalue weighted by Gasteiger charge is 2.21. The first-order chi connectivity index (χ1) is 10.7. The predicted octanol–water partition coefficient (Wildman–Crippen LogP) is 2.64. The Morgan fingerprint density at radius 1 is 1.14 bits per heavy atom. The molecule has 4 heteroatoms. The van der Waals surface area contributed by atoms with Crippen molar-refractivity contribution in [1.82, 2.24) is 10.6 Å². The van der Waals surface area contributed by atoms with Crippen LogP contribution in [0.4, 0.5) is 4.79 Å². The lowest BCUT2D eigenvalue weighted by atomic mass is 9.87. The van der Waals surface area contributed by atoms with Crippen molar-refractivity contribution < 1.29 is 9.90 Å². The summed E-state index contributed by atoms with van der Waals surface area (Å²) >= 11 is 0. The fraction of sp³-hybridized carbons (Fsp3) is 0.611. The van der Waals surface area contributed by atoms with Crippen LogP contribution in [0.5, 0.6) is 0 Å². The summed E-state index contributed by atoms with van der Waals surface area (Å²) in [6.45, 7) is 3.08. The second-order valence-electron chi connectivity index (χ2n) is 6.22. The summed E-state index contributed by atoms with van der Waals surface area (Å²) in [6, 6.07) is 8.75. The highest BCUT2D eigenvalue weighted by atomic mass is 16.3. The van der Waals surface area contributed by atoms with E-state index >= 15 is 0 Å². The number of aryl methyl sites for hydroxylation is 1. The molecule has 0 saturated heterocycles. The third kappa shape index (κ3) is 5.34. The van der Waals surface area contributed by atoms with Crippen LogP contribution in [0, 0.1) is 5.92 Å². The maximum atomic E-state index is 11.9. The summed E-state index contributed by atoms with van der Waals surface area (Å²) in [4.78, 5) is 11.9. The molecule has 4 nitrogen and oxygen atoms in total. The lowest BCUT2D eigenvalue weighted by molar-refractivity contribution is 0.174. The van der Waals surface area contributed by atoms with E-state index in [1.165, 1.54) is 11.1 Å². The van der Waals surface area contributed by atoms with Crippen LogP contribution >= 0.6 is 0 Å². The van der Waals surface area contributed by atoms with Crippen LogP contribution in [-0.2, 0) is 12.8 Å². The zero-order chi connectivity index (χ0) is 15.8. The van der Waals surface area contributed by atoms with Gasteiger partial charge in [0.25, 0.3) is 0 Å². The van der Waals surface area contributed by atoms with Crippen molar-refractivity contribution in [3.05, 3.63) is 35.4 Å². The minimum atomic E-state index is -0.0716. The van der Waals surface area contributed by atoms with Gasteiger partial charge < -0.3 is 15.7 Å². The van der Waals surface area contributed by atoms with Crippen molar-refractivity contribution in [2.24, 2.45) is 5.92 Å². The number of amides is 2. The van der Waals surface area contributed by atoms with E-state index in [-0.39, 0.29) is 18.7 Å². The fourth-order valence-corrected chi connectivity index (χ4v) is 2.99. The highest BCUT2D eigenvalue weighted by Crippen LogP contribution is 2.23. The van der Waals surface area contributed by atoms with Crippen molar-refractivity contribution >= 4 is 6.03 Å². The number of aliphatic hydroxyl groups is 1. The first kappa shape index (κ1) is 16.8. The zero-order valence-corrected chi connectivity index (χ0v) is 13.5. The molecule has 0 aromatic heterocycles. The second-order valence-corrected chi connectivity index (χ2v) is 6.22. The number of aliphatic hydroxyl groups excluding tert-OH is 1. The molecule has 2 amide bonds. The van der Waals surface area contributed by atoms with E-state index in [0.29, 0.717) is 12.5 Å². The number of rotatable bonds is 6. The Morgan fingerprint density at radius 2 is 1.77 bits per heavy atom. The van der Waals surface area contributed by atoms with E-state index in [2.05, 4.69) is 41.8 Å². The highest BCUT2D eigenvalue weighted by molar-refractivity contribution is 5.74. The number of hydrogen-bond donors (Lipinski definition) is 3. The molecule has 0 aliphatic heterocycles. The van der Waals surface area contributed by atoms with Gasteiger partial charge >= 0.3 is 6.03 Å². The predicted molar refractivity (Wildman–Crippen MR) is 88.9 cm³/mol. The summed E-state index contributed by atoms with van der Waals surface area (Å²) in [5.74, 6) is 0.423. The molecule has 0 spiro atoms. The van der Waals surface area contributed by atoms with Gasteiger partial charge in [-0.2, -0.15) is 0 Å². The molecular formula is C18H28N2O2. The summed E-state index contributed by atoms with van der Waals surface area (Å²) in [6.07, 6.45) is 5.86. The van der Waals surface area contributed by atoms with Gasteiger partial charge in [-0.15, -0.1) is 0 Å². The van der Waals surface area contributed by atoms with E-state index in [0.717, 1.165) is 38.5 Å². The SMILES string of the molecule is CCc1ccc(CCNC(=O)NC2CCC(CO)CC2)cc1. The molecule has 1 aliphatic carbocycles.